The third-order valence-corrected chi connectivity index (χ3v) is 2.49. The minimum atomic E-state index is -0.512. The van der Waals surface area contributed by atoms with E-state index < -0.39 is 6.04 Å². The Kier molecular flexibility index (Phi) is 4.14. The molecule has 1 aromatic heterocycles. The van der Waals surface area contributed by atoms with Crippen LogP contribution in [0.2, 0.25) is 0 Å². The molecule has 0 aliphatic carbocycles. The summed E-state index contributed by atoms with van der Waals surface area (Å²) >= 11 is 0. The van der Waals surface area contributed by atoms with Gasteiger partial charge in [0.05, 0.1) is 17.9 Å². The van der Waals surface area contributed by atoms with E-state index in [2.05, 4.69) is 10.5 Å². The lowest BCUT2D eigenvalue weighted by Gasteiger charge is -2.20. The maximum Gasteiger partial charge on any atom is 0.255 e. The first-order valence-electron chi connectivity index (χ1n) is 5.29. The number of hydrogen-bond acceptors (Lipinski definition) is 4. The van der Waals surface area contributed by atoms with Crippen LogP contribution in [0.4, 0.5) is 0 Å². The fourth-order valence-electron chi connectivity index (χ4n) is 1.48. The number of nitrogens with one attached hydrogen (secondary N) is 1. The highest BCUT2D eigenvalue weighted by atomic mass is 16.4. The van der Waals surface area contributed by atoms with E-state index in [0.29, 0.717) is 11.3 Å². The maximum atomic E-state index is 11.9. The zero-order chi connectivity index (χ0) is 13.0. The molecule has 1 unspecified atom stereocenters. The second kappa shape index (κ2) is 5.38. The molecule has 0 saturated carbocycles. The van der Waals surface area contributed by atoms with Crippen molar-refractivity contribution in [2.45, 2.75) is 26.8 Å². The summed E-state index contributed by atoms with van der Waals surface area (Å²) in [4.78, 5) is 11.9. The molecule has 0 spiro atoms. The molecule has 1 heterocycles. The molecule has 1 atom stereocenters. The van der Waals surface area contributed by atoms with Gasteiger partial charge in [0.1, 0.15) is 5.76 Å². The number of carbonyl (C=O) groups excluding carboxylic acids is 1. The summed E-state index contributed by atoms with van der Waals surface area (Å²) in [5.74, 6) is 0.225. The summed E-state index contributed by atoms with van der Waals surface area (Å²) in [6.45, 7) is 5.43. The van der Waals surface area contributed by atoms with Gasteiger partial charge in [-0.25, -0.2) is 0 Å². The van der Waals surface area contributed by atoms with E-state index >= 15 is 0 Å². The van der Waals surface area contributed by atoms with E-state index in [4.69, 9.17) is 15.4 Å². The van der Waals surface area contributed by atoms with Crippen LogP contribution in [-0.2, 0) is 0 Å². The smallest absolute Gasteiger partial charge is 0.255 e. The first-order chi connectivity index (χ1) is 7.97. The minimum absolute atomic E-state index is 0.0158. The second-order valence-corrected chi connectivity index (χ2v) is 4.11. The van der Waals surface area contributed by atoms with Crippen LogP contribution in [0.15, 0.2) is 21.9 Å². The molecule has 1 aromatic rings. The summed E-state index contributed by atoms with van der Waals surface area (Å²) in [6.07, 6.45) is 1.44. The van der Waals surface area contributed by atoms with E-state index in [1.807, 2.05) is 13.8 Å². The van der Waals surface area contributed by atoms with Gasteiger partial charge < -0.3 is 20.7 Å². The first kappa shape index (κ1) is 13.1. The normalized spacial score (nSPS) is 13.8. The molecule has 6 nitrogen and oxygen atoms in total. The Morgan fingerprint density at radius 2 is 2.24 bits per heavy atom. The lowest BCUT2D eigenvalue weighted by molar-refractivity contribution is 0.0937. The summed E-state index contributed by atoms with van der Waals surface area (Å²) < 4.78 is 5.04. The van der Waals surface area contributed by atoms with E-state index in [1.165, 1.54) is 6.26 Å². The van der Waals surface area contributed by atoms with Crippen LogP contribution in [-0.4, -0.2) is 23.0 Å². The summed E-state index contributed by atoms with van der Waals surface area (Å²) in [5.41, 5.74) is 5.97. The maximum absolute atomic E-state index is 11.9. The van der Waals surface area contributed by atoms with Crippen molar-refractivity contribution >= 4 is 11.7 Å². The average Bonchev–Trinajstić information content (AvgIpc) is 2.70. The number of nitrogens with zero attached hydrogens (tertiary/aromatic N) is 1. The van der Waals surface area contributed by atoms with Crippen LogP contribution in [0.3, 0.4) is 0 Å². The molecule has 94 valence electrons. The predicted octanol–water partition coefficient (Wildman–Crippen LogP) is 1.09. The molecule has 0 saturated heterocycles. The number of amidine groups is 1. The van der Waals surface area contributed by atoms with Crippen molar-refractivity contribution in [1.29, 1.82) is 0 Å². The molecule has 0 radical (unpaired) electrons. The second-order valence-electron chi connectivity index (χ2n) is 4.11. The molecular formula is C11H17N3O3. The van der Waals surface area contributed by atoms with Gasteiger partial charge >= 0.3 is 0 Å². The van der Waals surface area contributed by atoms with Crippen LogP contribution in [0.1, 0.15) is 30.0 Å². The van der Waals surface area contributed by atoms with Gasteiger partial charge in [0, 0.05) is 0 Å². The number of amides is 1. The van der Waals surface area contributed by atoms with Gasteiger partial charge in [-0.2, -0.15) is 0 Å². The summed E-state index contributed by atoms with van der Waals surface area (Å²) in [5, 5.41) is 14.3. The Hall–Kier alpha value is -1.98. The molecule has 0 aliphatic rings. The highest BCUT2D eigenvalue weighted by molar-refractivity contribution is 5.98. The Bertz CT molecular complexity index is 423. The van der Waals surface area contributed by atoms with Crippen molar-refractivity contribution < 1.29 is 14.4 Å². The number of aryl methyl sites for hydroxylation is 1. The third kappa shape index (κ3) is 2.99. The van der Waals surface area contributed by atoms with Gasteiger partial charge in [-0.1, -0.05) is 19.0 Å². The number of nitrogens with two attached hydrogens (primary N) is 1. The van der Waals surface area contributed by atoms with E-state index in [0.717, 1.165) is 0 Å². The van der Waals surface area contributed by atoms with Crippen molar-refractivity contribution in [3.63, 3.8) is 0 Å². The fraction of sp³-hybridized carbons (Fsp3) is 0.455. The molecular weight excluding hydrogens is 222 g/mol. The van der Waals surface area contributed by atoms with Crippen LogP contribution < -0.4 is 11.1 Å². The first-order valence-corrected chi connectivity index (χ1v) is 5.29. The summed E-state index contributed by atoms with van der Waals surface area (Å²) in [7, 11) is 0. The molecule has 0 aliphatic heterocycles. The van der Waals surface area contributed by atoms with Crippen LogP contribution in [0.5, 0.6) is 0 Å². The average molecular weight is 239 g/mol. The predicted molar refractivity (Wildman–Crippen MR) is 62.9 cm³/mol. The lowest BCUT2D eigenvalue weighted by atomic mass is 10.0. The number of oxime groups is 1. The Morgan fingerprint density at radius 3 is 2.65 bits per heavy atom. The van der Waals surface area contributed by atoms with Crippen LogP contribution in [0, 0.1) is 12.8 Å². The van der Waals surface area contributed by atoms with Gasteiger partial charge in [0.15, 0.2) is 5.84 Å². The minimum Gasteiger partial charge on any atom is -0.469 e. The third-order valence-electron chi connectivity index (χ3n) is 2.49. The van der Waals surface area contributed by atoms with Crippen molar-refractivity contribution in [3.8, 4) is 0 Å². The van der Waals surface area contributed by atoms with Gasteiger partial charge in [-0.15, -0.1) is 0 Å². The largest absolute Gasteiger partial charge is 0.469 e. The Labute approximate surface area is 99.5 Å². The SMILES string of the molecule is Cc1occc1C(=O)NC(C(N)=NO)C(C)C. The Balaban J connectivity index is 2.82. The number of carbonyl (C=O) groups is 1. The van der Waals surface area contributed by atoms with Crippen molar-refractivity contribution in [3.05, 3.63) is 23.7 Å². The van der Waals surface area contributed by atoms with Gasteiger partial charge in [0.2, 0.25) is 0 Å². The van der Waals surface area contributed by atoms with Crippen molar-refractivity contribution in [2.24, 2.45) is 16.8 Å². The lowest BCUT2D eigenvalue weighted by Crippen LogP contribution is -2.47. The molecule has 1 amide bonds. The zero-order valence-electron chi connectivity index (χ0n) is 10.1. The molecule has 0 bridgehead atoms. The number of rotatable bonds is 4. The number of furan rings is 1. The highest BCUT2D eigenvalue weighted by Gasteiger charge is 2.22. The monoisotopic (exact) mass is 239 g/mol. The van der Waals surface area contributed by atoms with Gasteiger partial charge in [0.25, 0.3) is 5.91 Å². The number of hydrogen-bond donors (Lipinski definition) is 3. The Morgan fingerprint density at radius 1 is 1.59 bits per heavy atom. The summed E-state index contributed by atoms with van der Waals surface area (Å²) in [6, 6.07) is 1.07. The molecule has 0 aromatic carbocycles. The van der Waals surface area contributed by atoms with Crippen molar-refractivity contribution in [2.75, 3.05) is 0 Å². The highest BCUT2D eigenvalue weighted by Crippen LogP contribution is 2.10. The molecule has 4 N–H and O–H groups in total. The van der Waals surface area contributed by atoms with Gasteiger partial charge in [-0.05, 0) is 18.9 Å². The van der Waals surface area contributed by atoms with Gasteiger partial charge in [-0.3, -0.25) is 4.79 Å². The molecule has 0 fully saturated rings. The topological polar surface area (TPSA) is 101 Å². The van der Waals surface area contributed by atoms with E-state index in [1.54, 1.807) is 13.0 Å². The van der Waals surface area contributed by atoms with E-state index in [-0.39, 0.29) is 17.7 Å². The standard InChI is InChI=1S/C11H17N3O3/c1-6(2)9(10(12)14-16)13-11(15)8-4-5-17-7(8)3/h4-6,9,16H,1-3H3,(H2,12,14)(H,13,15). The van der Waals surface area contributed by atoms with Crippen LogP contribution >= 0.6 is 0 Å². The molecule has 17 heavy (non-hydrogen) atoms. The van der Waals surface area contributed by atoms with Crippen LogP contribution in [0.25, 0.3) is 0 Å². The zero-order valence-corrected chi connectivity index (χ0v) is 10.1. The van der Waals surface area contributed by atoms with Crippen molar-refractivity contribution in [1.82, 2.24) is 5.32 Å². The molecule has 1 rings (SSSR count). The van der Waals surface area contributed by atoms with E-state index in [9.17, 15) is 4.79 Å². The fourth-order valence-corrected chi connectivity index (χ4v) is 1.48. The quantitative estimate of drug-likeness (QED) is 0.317. The molecule has 6 heteroatoms.